The monoisotopic (exact) mass is 247 g/mol. The zero-order chi connectivity index (χ0) is 13.3. The zero-order valence-corrected chi connectivity index (χ0v) is 11.5. The number of nitrogens with zero attached hydrogens (tertiary/aromatic N) is 1. The Morgan fingerprint density at radius 2 is 1.94 bits per heavy atom. The molecule has 1 N–H and O–H groups in total. The second kappa shape index (κ2) is 5.02. The second-order valence-electron chi connectivity index (χ2n) is 5.17. The minimum Gasteiger partial charge on any atom is -0.507 e. The zero-order valence-electron chi connectivity index (χ0n) is 11.5. The van der Waals surface area contributed by atoms with Crippen molar-refractivity contribution < 1.29 is 9.84 Å². The van der Waals surface area contributed by atoms with Crippen molar-refractivity contribution in [3.63, 3.8) is 0 Å². The van der Waals surface area contributed by atoms with Crippen molar-refractivity contribution in [2.45, 2.75) is 46.4 Å². The highest BCUT2D eigenvalue weighted by Gasteiger charge is 2.13. The fraction of sp³-hybridized carbons (Fsp3) is 0.467. The lowest BCUT2D eigenvalue weighted by Crippen LogP contribution is -2.09. The Morgan fingerprint density at radius 1 is 1.22 bits per heavy atom. The highest BCUT2D eigenvalue weighted by atomic mass is 16.5. The summed E-state index contributed by atoms with van der Waals surface area (Å²) in [6, 6.07) is 8.00. The van der Waals surface area contributed by atoms with Crippen LogP contribution in [0.25, 0.3) is 10.9 Å². The molecule has 2 rings (SSSR count). The predicted octanol–water partition coefficient (Wildman–Crippen LogP) is 3.85. The molecule has 0 saturated carbocycles. The molecule has 0 fully saturated rings. The van der Waals surface area contributed by atoms with E-state index in [2.05, 4.69) is 18.4 Å². The highest BCUT2D eigenvalue weighted by Crippen LogP contribution is 2.30. The Hall–Kier alpha value is -1.48. The van der Waals surface area contributed by atoms with Crippen LogP contribution in [0.2, 0.25) is 0 Å². The van der Waals surface area contributed by atoms with Crippen LogP contribution in [0.1, 0.15) is 39.4 Å². The molecule has 18 heavy (non-hydrogen) atoms. The normalized spacial score (nSPS) is 11.9. The van der Waals surface area contributed by atoms with Gasteiger partial charge in [-0.3, -0.25) is 0 Å². The van der Waals surface area contributed by atoms with Crippen LogP contribution in [0.3, 0.4) is 0 Å². The van der Waals surface area contributed by atoms with Gasteiger partial charge in [0.05, 0.1) is 18.2 Å². The van der Waals surface area contributed by atoms with Crippen LogP contribution < -0.4 is 0 Å². The molecule has 1 aromatic carbocycles. The van der Waals surface area contributed by atoms with Gasteiger partial charge in [-0.2, -0.15) is 0 Å². The molecule has 1 aromatic heterocycles. The molecular weight excluding hydrogens is 226 g/mol. The summed E-state index contributed by atoms with van der Waals surface area (Å²) in [5.41, 5.74) is 2.17. The van der Waals surface area contributed by atoms with E-state index in [0.717, 1.165) is 16.6 Å². The molecule has 2 aromatic rings. The van der Waals surface area contributed by atoms with Gasteiger partial charge in [0.1, 0.15) is 5.75 Å². The molecule has 0 bridgehead atoms. The molecule has 3 nitrogen and oxygen atoms in total. The van der Waals surface area contributed by atoms with Crippen LogP contribution >= 0.6 is 0 Å². The number of aromatic nitrogens is 1. The molecule has 0 saturated heterocycles. The van der Waals surface area contributed by atoms with Crippen LogP contribution in [0.4, 0.5) is 0 Å². The van der Waals surface area contributed by atoms with Gasteiger partial charge in [0.25, 0.3) is 0 Å². The first kappa shape index (κ1) is 13.0. The van der Waals surface area contributed by atoms with Gasteiger partial charge in [-0.25, -0.2) is 0 Å². The van der Waals surface area contributed by atoms with E-state index in [1.165, 1.54) is 0 Å². The first-order valence-electron chi connectivity index (χ1n) is 6.44. The lowest BCUT2D eigenvalue weighted by Gasteiger charge is -2.15. The predicted molar refractivity (Wildman–Crippen MR) is 73.9 cm³/mol. The number of phenols is 1. The Labute approximate surface area is 108 Å². The van der Waals surface area contributed by atoms with Crippen LogP contribution in [0.15, 0.2) is 24.3 Å². The highest BCUT2D eigenvalue weighted by molar-refractivity contribution is 5.87. The molecule has 0 unspecified atom stereocenters. The van der Waals surface area contributed by atoms with Gasteiger partial charge in [-0.1, -0.05) is 6.07 Å². The van der Waals surface area contributed by atoms with Crippen molar-refractivity contribution in [3.8, 4) is 5.75 Å². The molecule has 0 spiro atoms. The summed E-state index contributed by atoms with van der Waals surface area (Å²) >= 11 is 0. The number of phenolic OH excluding ortho intramolecular Hbond substituents is 1. The minimum atomic E-state index is 0.206. The maximum absolute atomic E-state index is 9.91. The quantitative estimate of drug-likeness (QED) is 0.890. The van der Waals surface area contributed by atoms with Gasteiger partial charge >= 0.3 is 0 Å². The number of hydrogen-bond donors (Lipinski definition) is 1. The van der Waals surface area contributed by atoms with E-state index in [4.69, 9.17) is 4.74 Å². The number of ether oxygens (including phenoxy) is 1. The average molecular weight is 247 g/mol. The number of fused-ring (bicyclic) bond motifs is 1. The van der Waals surface area contributed by atoms with E-state index in [0.29, 0.717) is 18.4 Å². The van der Waals surface area contributed by atoms with Gasteiger partial charge < -0.3 is 14.4 Å². The summed E-state index contributed by atoms with van der Waals surface area (Å²) < 4.78 is 7.91. The van der Waals surface area contributed by atoms with Gasteiger partial charge in [0.2, 0.25) is 0 Å². The van der Waals surface area contributed by atoms with Crippen molar-refractivity contribution in [3.05, 3.63) is 30.0 Å². The molecule has 0 radical (unpaired) electrons. The minimum absolute atomic E-state index is 0.206. The van der Waals surface area contributed by atoms with E-state index in [1.807, 2.05) is 32.0 Å². The van der Waals surface area contributed by atoms with E-state index < -0.39 is 0 Å². The molecule has 0 aliphatic heterocycles. The topological polar surface area (TPSA) is 34.4 Å². The molecule has 0 amide bonds. The Bertz CT molecular complexity index is 541. The summed E-state index contributed by atoms with van der Waals surface area (Å²) in [7, 11) is 0. The summed E-state index contributed by atoms with van der Waals surface area (Å²) in [6.45, 7) is 8.91. The fourth-order valence-corrected chi connectivity index (χ4v) is 2.26. The molecule has 0 aliphatic rings. The van der Waals surface area contributed by atoms with Gasteiger partial charge in [-0.15, -0.1) is 0 Å². The number of benzene rings is 1. The molecule has 98 valence electrons. The van der Waals surface area contributed by atoms with Crippen LogP contribution in [-0.4, -0.2) is 15.8 Å². The summed E-state index contributed by atoms with van der Waals surface area (Å²) in [5.74, 6) is 0.331. The third-order valence-corrected chi connectivity index (χ3v) is 3.02. The van der Waals surface area contributed by atoms with Crippen LogP contribution in [0.5, 0.6) is 5.75 Å². The molecule has 0 atom stereocenters. The number of aromatic hydroxyl groups is 1. The van der Waals surface area contributed by atoms with E-state index in [9.17, 15) is 5.11 Å². The van der Waals surface area contributed by atoms with E-state index >= 15 is 0 Å². The Kier molecular flexibility index (Phi) is 3.62. The molecule has 3 heteroatoms. The standard InChI is InChI=1S/C15H21NO2/c1-10(2)16-12(9-18-11(3)4)8-13-14(16)6-5-7-15(13)17/h5-8,10-11,17H,9H2,1-4H3. The average Bonchev–Trinajstić information content (AvgIpc) is 2.66. The maximum Gasteiger partial charge on any atom is 0.124 e. The van der Waals surface area contributed by atoms with Crippen molar-refractivity contribution in [2.24, 2.45) is 0 Å². The smallest absolute Gasteiger partial charge is 0.124 e. The maximum atomic E-state index is 9.91. The van der Waals surface area contributed by atoms with E-state index in [1.54, 1.807) is 6.07 Å². The molecule has 0 aliphatic carbocycles. The number of rotatable bonds is 4. The SMILES string of the molecule is CC(C)OCc1cc2c(O)cccc2n1C(C)C. The van der Waals surface area contributed by atoms with Crippen molar-refractivity contribution in [2.75, 3.05) is 0 Å². The van der Waals surface area contributed by atoms with Crippen molar-refractivity contribution in [1.29, 1.82) is 0 Å². The largest absolute Gasteiger partial charge is 0.507 e. The van der Waals surface area contributed by atoms with Gasteiger partial charge in [0, 0.05) is 17.1 Å². The molecular formula is C15H21NO2. The fourth-order valence-electron chi connectivity index (χ4n) is 2.26. The second-order valence-corrected chi connectivity index (χ2v) is 5.17. The Morgan fingerprint density at radius 3 is 2.56 bits per heavy atom. The first-order chi connectivity index (χ1) is 8.50. The van der Waals surface area contributed by atoms with Crippen molar-refractivity contribution in [1.82, 2.24) is 4.57 Å². The lowest BCUT2D eigenvalue weighted by molar-refractivity contribution is 0.0615. The molecule has 1 heterocycles. The Balaban J connectivity index is 2.51. The summed E-state index contributed by atoms with van der Waals surface area (Å²) in [4.78, 5) is 0. The van der Waals surface area contributed by atoms with Crippen molar-refractivity contribution >= 4 is 10.9 Å². The third kappa shape index (κ3) is 2.36. The summed E-state index contributed by atoms with van der Waals surface area (Å²) in [6.07, 6.45) is 0.206. The van der Waals surface area contributed by atoms with E-state index in [-0.39, 0.29) is 6.10 Å². The van der Waals surface area contributed by atoms with Gasteiger partial charge in [0.15, 0.2) is 0 Å². The van der Waals surface area contributed by atoms with Gasteiger partial charge in [-0.05, 0) is 45.9 Å². The lowest BCUT2D eigenvalue weighted by atomic mass is 10.2. The first-order valence-corrected chi connectivity index (χ1v) is 6.44. The van der Waals surface area contributed by atoms with Crippen LogP contribution in [-0.2, 0) is 11.3 Å². The third-order valence-electron chi connectivity index (χ3n) is 3.02. The number of hydrogen-bond acceptors (Lipinski definition) is 2. The summed E-state index contributed by atoms with van der Waals surface area (Å²) in [5, 5.41) is 10.8. The van der Waals surface area contributed by atoms with Crippen LogP contribution in [0, 0.1) is 0 Å².